The number of hydrogen-bond donors (Lipinski definition) is 0. The second-order valence-corrected chi connectivity index (χ2v) is 17.3. The monoisotopic (exact) mass is 1020 g/mol. The zero-order valence-electron chi connectivity index (χ0n) is 42.2. The van der Waals surface area contributed by atoms with Gasteiger partial charge in [0.1, 0.15) is 11.5 Å². The molecule has 0 N–H and O–H groups in total. The average Bonchev–Trinajstić information content (AvgIpc) is 3.44. The van der Waals surface area contributed by atoms with Crippen LogP contribution >= 0.6 is 0 Å². The molecule has 6 rings (SSSR count). The molecule has 0 saturated heterocycles. The fraction of sp³-hybridized carbons (Fsp3) is 0.300. The molecule has 390 valence electrons. The molecule has 0 amide bonds. The summed E-state index contributed by atoms with van der Waals surface area (Å²) in [5.74, 6) is 0.0103. The molecule has 1 heterocycles. The van der Waals surface area contributed by atoms with E-state index < -0.39 is 23.9 Å². The van der Waals surface area contributed by atoms with Crippen molar-refractivity contribution in [1.82, 2.24) is 4.98 Å². The van der Waals surface area contributed by atoms with E-state index in [0.717, 1.165) is 110 Å². The zero-order chi connectivity index (χ0) is 52.9. The Morgan fingerprint density at radius 3 is 1.43 bits per heavy atom. The second kappa shape index (κ2) is 31.2. The fourth-order valence-corrected chi connectivity index (χ4v) is 7.59. The minimum Gasteiger partial charge on any atom is -0.494 e. The van der Waals surface area contributed by atoms with E-state index in [1.54, 1.807) is 61.0 Å². The predicted molar refractivity (Wildman–Crippen MR) is 289 cm³/mol. The first kappa shape index (κ1) is 55.8. The van der Waals surface area contributed by atoms with Gasteiger partial charge in [-0.15, -0.1) is 0 Å². The van der Waals surface area contributed by atoms with Crippen LogP contribution in [0, 0.1) is 0 Å². The number of nitrogens with zero attached hydrogens (tertiary/aromatic N) is 3. The SMILES string of the molecule is C=CC(=O)OCCCCCCOC(=O)c1ccc(/N=C/c2ccc3c(c2)nc(Oc2ccc(OCCCCCCOC(=O)C=C)cc2)c2cc(/C=N\c4ccc(C(=O)OCCCCCCOC=O)cc4)ccc23)cc1. The van der Waals surface area contributed by atoms with Crippen molar-refractivity contribution >= 4 is 75.8 Å². The van der Waals surface area contributed by atoms with Crippen LogP contribution in [0.4, 0.5) is 11.4 Å². The maximum absolute atomic E-state index is 12.7. The van der Waals surface area contributed by atoms with Gasteiger partial charge < -0.3 is 33.2 Å². The van der Waals surface area contributed by atoms with Crippen LogP contribution in [0.15, 0.2) is 144 Å². The first-order valence-electron chi connectivity index (χ1n) is 25.3. The fourth-order valence-electron chi connectivity index (χ4n) is 7.59. The predicted octanol–water partition coefficient (Wildman–Crippen LogP) is 12.7. The Bertz CT molecular complexity index is 2900. The highest BCUT2D eigenvalue weighted by atomic mass is 16.5. The number of unbranched alkanes of at least 4 members (excludes halogenated alkanes) is 9. The van der Waals surface area contributed by atoms with E-state index in [9.17, 15) is 24.0 Å². The molecule has 0 radical (unpaired) electrons. The molecule has 6 aromatic rings. The van der Waals surface area contributed by atoms with Gasteiger partial charge in [0.2, 0.25) is 5.88 Å². The van der Waals surface area contributed by atoms with Crippen molar-refractivity contribution in [2.75, 3.05) is 39.6 Å². The number of ether oxygens (including phenoxy) is 7. The van der Waals surface area contributed by atoms with E-state index in [-0.39, 0.29) is 0 Å². The van der Waals surface area contributed by atoms with Gasteiger partial charge in [0, 0.05) is 35.4 Å². The molecule has 0 unspecified atom stereocenters. The Morgan fingerprint density at radius 1 is 0.467 bits per heavy atom. The number of pyridine rings is 1. The number of aromatic nitrogens is 1. The van der Waals surface area contributed by atoms with Crippen LogP contribution in [-0.4, -0.2) is 87.4 Å². The summed E-state index contributed by atoms with van der Waals surface area (Å²) < 4.78 is 38.1. The van der Waals surface area contributed by atoms with Gasteiger partial charge in [0.05, 0.1) is 67.7 Å². The quantitative estimate of drug-likeness (QED) is 0.00721. The topological polar surface area (TPSA) is 188 Å². The molecule has 0 aliphatic heterocycles. The van der Waals surface area contributed by atoms with Gasteiger partial charge in [-0.2, -0.15) is 0 Å². The van der Waals surface area contributed by atoms with E-state index in [1.807, 2.05) is 60.7 Å². The molecule has 1 aromatic heterocycles. The van der Waals surface area contributed by atoms with Crippen molar-refractivity contribution in [2.24, 2.45) is 9.98 Å². The lowest BCUT2D eigenvalue weighted by molar-refractivity contribution is -0.138. The lowest BCUT2D eigenvalue weighted by Gasteiger charge is -2.13. The van der Waals surface area contributed by atoms with Crippen LogP contribution in [0.5, 0.6) is 17.4 Å². The molecule has 0 bridgehead atoms. The van der Waals surface area contributed by atoms with Crippen LogP contribution in [-0.2, 0) is 38.1 Å². The molecular weight excluding hydrogens is 955 g/mol. The van der Waals surface area contributed by atoms with E-state index in [1.165, 1.54) is 0 Å². The number of esters is 4. The van der Waals surface area contributed by atoms with Gasteiger partial charge in [-0.25, -0.2) is 24.2 Å². The number of rotatable bonds is 33. The number of carbonyl (C=O) groups is 5. The molecule has 0 spiro atoms. The Hall–Kier alpha value is -8.46. The third-order valence-corrected chi connectivity index (χ3v) is 11.6. The van der Waals surface area contributed by atoms with Crippen LogP contribution in [0.1, 0.15) is 109 Å². The summed E-state index contributed by atoms with van der Waals surface area (Å²) in [5, 5.41) is 2.59. The van der Waals surface area contributed by atoms with Crippen molar-refractivity contribution in [3.8, 4) is 17.4 Å². The lowest BCUT2D eigenvalue weighted by Crippen LogP contribution is -2.06. The lowest BCUT2D eigenvalue weighted by atomic mass is 10.0. The Kier molecular flexibility index (Phi) is 23.2. The van der Waals surface area contributed by atoms with Crippen molar-refractivity contribution in [1.29, 1.82) is 0 Å². The maximum atomic E-state index is 12.7. The van der Waals surface area contributed by atoms with E-state index in [2.05, 4.69) is 18.2 Å². The summed E-state index contributed by atoms with van der Waals surface area (Å²) in [4.78, 5) is 72.4. The van der Waals surface area contributed by atoms with E-state index in [0.29, 0.717) is 97.9 Å². The van der Waals surface area contributed by atoms with Gasteiger partial charge >= 0.3 is 23.9 Å². The van der Waals surface area contributed by atoms with Gasteiger partial charge in [0.15, 0.2) is 0 Å². The van der Waals surface area contributed by atoms with Gasteiger partial charge in [-0.05, 0) is 178 Å². The third kappa shape index (κ3) is 19.2. The Morgan fingerprint density at radius 2 is 0.920 bits per heavy atom. The van der Waals surface area contributed by atoms with Crippen LogP contribution < -0.4 is 9.47 Å². The number of carbonyl (C=O) groups excluding carboxylic acids is 5. The summed E-state index contributed by atoms with van der Waals surface area (Å²) >= 11 is 0. The summed E-state index contributed by atoms with van der Waals surface area (Å²) in [7, 11) is 0. The Labute approximate surface area is 437 Å². The highest BCUT2D eigenvalue weighted by Gasteiger charge is 2.14. The van der Waals surface area contributed by atoms with Gasteiger partial charge in [-0.3, -0.25) is 14.8 Å². The Balaban J connectivity index is 1.11. The normalized spacial score (nSPS) is 11.1. The van der Waals surface area contributed by atoms with E-state index in [4.69, 9.17) is 43.1 Å². The highest BCUT2D eigenvalue weighted by molar-refractivity contribution is 6.10. The molecule has 15 nitrogen and oxygen atoms in total. The van der Waals surface area contributed by atoms with Crippen LogP contribution in [0.25, 0.3) is 21.7 Å². The average molecular weight is 1020 g/mol. The molecule has 75 heavy (non-hydrogen) atoms. The number of hydrogen-bond acceptors (Lipinski definition) is 15. The largest absolute Gasteiger partial charge is 0.494 e. The summed E-state index contributed by atoms with van der Waals surface area (Å²) in [6, 6.07) is 33.1. The minimum absolute atomic E-state index is 0.297. The smallest absolute Gasteiger partial charge is 0.338 e. The van der Waals surface area contributed by atoms with E-state index >= 15 is 0 Å². The molecule has 0 aliphatic rings. The van der Waals surface area contributed by atoms with Crippen molar-refractivity contribution in [2.45, 2.75) is 77.0 Å². The number of aliphatic imine (C=N–C) groups is 2. The van der Waals surface area contributed by atoms with Crippen molar-refractivity contribution in [3.63, 3.8) is 0 Å². The molecule has 0 fully saturated rings. The minimum atomic E-state index is -0.430. The van der Waals surface area contributed by atoms with Gasteiger partial charge in [-0.1, -0.05) is 37.4 Å². The molecule has 0 aliphatic carbocycles. The van der Waals surface area contributed by atoms with Crippen molar-refractivity contribution < 1.29 is 57.1 Å². The standard InChI is InChI=1S/C60H63N3O12/c1-3-56(65)71-35-13-8-7-12-34-70-50-27-29-51(30-28-50)75-58-54-39-44(41-61-48-23-19-46(20-24-48)59(67)73-37-15-6-5-11-33-69-43-64)17-31-52(54)53-32-18-45(40-55(53)63-58)42-62-49-25-21-47(22-26-49)60(68)74-38-16-10-9-14-36-72-57(66)4-2/h3-4,17-32,39-43H,1-2,5-16,33-38H2/b61-41-,62-42+. The van der Waals surface area contributed by atoms with Crippen molar-refractivity contribution in [3.05, 3.63) is 157 Å². The van der Waals surface area contributed by atoms with Crippen LogP contribution in [0.3, 0.4) is 0 Å². The molecule has 0 saturated carbocycles. The summed E-state index contributed by atoms with van der Waals surface area (Å²) in [5.41, 5.74) is 4.46. The molecule has 0 atom stereocenters. The summed E-state index contributed by atoms with van der Waals surface area (Å²) in [6.07, 6.45) is 15.7. The molecule has 5 aromatic carbocycles. The first-order valence-corrected chi connectivity index (χ1v) is 25.3. The highest BCUT2D eigenvalue weighted by Crippen LogP contribution is 2.35. The number of benzene rings is 5. The second-order valence-electron chi connectivity index (χ2n) is 17.3. The molecular formula is C60H63N3O12. The number of fused-ring (bicyclic) bond motifs is 3. The van der Waals surface area contributed by atoms with Gasteiger partial charge in [0.25, 0.3) is 6.47 Å². The first-order chi connectivity index (χ1) is 36.7. The van der Waals surface area contributed by atoms with Crippen LogP contribution in [0.2, 0.25) is 0 Å². The zero-order valence-corrected chi connectivity index (χ0v) is 42.2. The maximum Gasteiger partial charge on any atom is 0.338 e. The molecule has 15 heteroatoms. The third-order valence-electron chi connectivity index (χ3n) is 11.6. The summed E-state index contributed by atoms with van der Waals surface area (Å²) in [6.45, 7) is 9.50.